The number of hydrogen-bond acceptors (Lipinski definition) is 4. The molecule has 0 aliphatic heterocycles. The molecule has 5 nitrogen and oxygen atoms in total. The molecule has 1 rings (SSSR count). The van der Waals surface area contributed by atoms with E-state index in [4.69, 9.17) is 11.6 Å². The fourth-order valence-corrected chi connectivity index (χ4v) is 1.80. The van der Waals surface area contributed by atoms with E-state index in [0.29, 0.717) is 6.42 Å². The van der Waals surface area contributed by atoms with Crippen LogP contribution in [0.4, 0.5) is 15.8 Å². The molecule has 0 saturated carbocycles. The van der Waals surface area contributed by atoms with Crippen LogP contribution in [0.2, 0.25) is 5.02 Å². The van der Waals surface area contributed by atoms with Crippen molar-refractivity contribution in [3.8, 4) is 0 Å². The van der Waals surface area contributed by atoms with Gasteiger partial charge in [0.05, 0.1) is 16.0 Å². The number of halogens is 2. The molecular weight excluding hydrogens is 263 g/mol. The van der Waals surface area contributed by atoms with Crippen LogP contribution in [0.25, 0.3) is 0 Å². The fraction of sp³-hybridized carbons (Fsp3) is 0.455. The van der Waals surface area contributed by atoms with Crippen molar-refractivity contribution in [3.05, 3.63) is 33.1 Å². The lowest BCUT2D eigenvalue weighted by Gasteiger charge is -2.16. The summed E-state index contributed by atoms with van der Waals surface area (Å²) in [5, 5.41) is 22.5. The SMILES string of the molecule is CC(O)CC(C)Nc1cc(F)c(Cl)cc1[N+](=O)[O-]. The highest BCUT2D eigenvalue weighted by molar-refractivity contribution is 6.31. The van der Waals surface area contributed by atoms with E-state index in [-0.39, 0.29) is 22.4 Å². The summed E-state index contributed by atoms with van der Waals surface area (Å²) in [7, 11) is 0. The number of nitrogens with zero attached hydrogens (tertiary/aromatic N) is 1. The molecule has 0 heterocycles. The Morgan fingerprint density at radius 2 is 2.17 bits per heavy atom. The lowest BCUT2D eigenvalue weighted by atomic mass is 10.1. The maximum absolute atomic E-state index is 13.3. The normalized spacial score (nSPS) is 14.1. The summed E-state index contributed by atoms with van der Waals surface area (Å²) in [4.78, 5) is 10.2. The van der Waals surface area contributed by atoms with Crippen LogP contribution in [0.3, 0.4) is 0 Å². The minimum atomic E-state index is -0.728. The van der Waals surface area contributed by atoms with Crippen LogP contribution in [0, 0.1) is 15.9 Å². The summed E-state index contributed by atoms with van der Waals surface area (Å²) in [6.07, 6.45) is -0.162. The fourth-order valence-electron chi connectivity index (χ4n) is 1.64. The minimum absolute atomic E-state index is 0.0510. The van der Waals surface area contributed by atoms with Gasteiger partial charge in [0.1, 0.15) is 11.5 Å². The Kier molecular flexibility index (Phi) is 4.86. The van der Waals surface area contributed by atoms with Gasteiger partial charge in [-0.15, -0.1) is 0 Å². The summed E-state index contributed by atoms with van der Waals surface area (Å²) in [5.74, 6) is -0.728. The summed E-state index contributed by atoms with van der Waals surface area (Å²) >= 11 is 5.50. The van der Waals surface area contributed by atoms with Gasteiger partial charge in [-0.25, -0.2) is 4.39 Å². The number of rotatable bonds is 5. The summed E-state index contributed by atoms with van der Waals surface area (Å²) in [5.41, 5.74) is -0.242. The molecule has 0 aromatic heterocycles. The number of nitro groups is 1. The highest BCUT2D eigenvalue weighted by Crippen LogP contribution is 2.31. The summed E-state index contributed by atoms with van der Waals surface area (Å²) in [6.45, 7) is 3.35. The molecule has 0 bridgehead atoms. The lowest BCUT2D eigenvalue weighted by molar-refractivity contribution is -0.384. The van der Waals surface area contributed by atoms with Gasteiger partial charge in [0, 0.05) is 18.2 Å². The minimum Gasteiger partial charge on any atom is -0.393 e. The zero-order valence-electron chi connectivity index (χ0n) is 9.98. The van der Waals surface area contributed by atoms with Crippen LogP contribution in [0.1, 0.15) is 20.3 Å². The highest BCUT2D eigenvalue weighted by atomic mass is 35.5. The second-order valence-electron chi connectivity index (χ2n) is 4.17. The molecule has 2 unspecified atom stereocenters. The third-order valence-electron chi connectivity index (χ3n) is 2.33. The van der Waals surface area contributed by atoms with Crippen molar-refractivity contribution < 1.29 is 14.4 Å². The van der Waals surface area contributed by atoms with E-state index in [1.54, 1.807) is 13.8 Å². The monoisotopic (exact) mass is 276 g/mol. The highest BCUT2D eigenvalue weighted by Gasteiger charge is 2.19. The van der Waals surface area contributed by atoms with E-state index in [2.05, 4.69) is 5.32 Å². The van der Waals surface area contributed by atoms with Gasteiger partial charge in [0.25, 0.3) is 5.69 Å². The second-order valence-corrected chi connectivity index (χ2v) is 4.58. The van der Waals surface area contributed by atoms with Crippen molar-refractivity contribution in [1.82, 2.24) is 0 Å². The Labute approximate surface area is 109 Å². The van der Waals surface area contributed by atoms with Gasteiger partial charge >= 0.3 is 0 Å². The third-order valence-corrected chi connectivity index (χ3v) is 2.62. The first kappa shape index (κ1) is 14.7. The quantitative estimate of drug-likeness (QED) is 0.640. The Bertz CT molecular complexity index is 454. The topological polar surface area (TPSA) is 75.4 Å². The maximum atomic E-state index is 13.3. The molecular formula is C11H14ClFN2O3. The van der Waals surface area contributed by atoms with Gasteiger partial charge in [0.2, 0.25) is 0 Å². The van der Waals surface area contributed by atoms with Crippen LogP contribution < -0.4 is 5.32 Å². The number of nitrogens with one attached hydrogen (secondary N) is 1. The number of nitro benzene ring substituents is 1. The molecule has 2 atom stereocenters. The average Bonchev–Trinajstić information content (AvgIpc) is 2.21. The summed E-state index contributed by atoms with van der Waals surface area (Å²) in [6, 6.07) is 1.72. The van der Waals surface area contributed by atoms with E-state index in [1.165, 1.54) is 0 Å². The molecule has 0 aliphatic carbocycles. The summed E-state index contributed by atoms with van der Waals surface area (Å²) < 4.78 is 13.3. The smallest absolute Gasteiger partial charge is 0.294 e. The third kappa shape index (κ3) is 3.82. The first-order valence-corrected chi connectivity index (χ1v) is 5.77. The molecule has 7 heteroatoms. The van der Waals surface area contributed by atoms with Gasteiger partial charge in [-0.3, -0.25) is 10.1 Å². The molecule has 1 aromatic rings. The molecule has 0 saturated heterocycles. The van der Waals surface area contributed by atoms with Gasteiger partial charge in [0.15, 0.2) is 0 Å². The largest absolute Gasteiger partial charge is 0.393 e. The number of anilines is 1. The standard InChI is InChI=1S/C11H14ClFN2O3/c1-6(3-7(2)16)14-10-5-9(13)8(12)4-11(10)15(17)18/h4-7,14,16H,3H2,1-2H3. The number of aliphatic hydroxyl groups excluding tert-OH is 1. The molecule has 0 amide bonds. The molecule has 0 aliphatic rings. The Hall–Kier alpha value is -1.40. The Balaban J connectivity index is 3.00. The second kappa shape index (κ2) is 5.97. The number of hydrogen-bond donors (Lipinski definition) is 2. The van der Waals surface area contributed by atoms with Gasteiger partial charge < -0.3 is 10.4 Å². The zero-order valence-corrected chi connectivity index (χ0v) is 10.7. The predicted octanol–water partition coefficient (Wildman–Crippen LogP) is 2.96. The van der Waals surface area contributed by atoms with Crippen LogP contribution >= 0.6 is 11.6 Å². The van der Waals surface area contributed by atoms with Crippen molar-refractivity contribution in [2.45, 2.75) is 32.4 Å². The maximum Gasteiger partial charge on any atom is 0.294 e. The van der Waals surface area contributed by atoms with E-state index in [0.717, 1.165) is 12.1 Å². The van der Waals surface area contributed by atoms with Crippen molar-refractivity contribution >= 4 is 23.0 Å². The molecule has 100 valence electrons. The predicted molar refractivity (Wildman–Crippen MR) is 67.4 cm³/mol. The van der Waals surface area contributed by atoms with Crippen LogP contribution in [-0.4, -0.2) is 22.2 Å². The average molecular weight is 277 g/mol. The van der Waals surface area contributed by atoms with Gasteiger partial charge in [-0.2, -0.15) is 0 Å². The number of aliphatic hydroxyl groups is 1. The van der Waals surface area contributed by atoms with Crippen molar-refractivity contribution in [1.29, 1.82) is 0 Å². The van der Waals surface area contributed by atoms with E-state index >= 15 is 0 Å². The van der Waals surface area contributed by atoms with Crippen molar-refractivity contribution in [3.63, 3.8) is 0 Å². The first-order chi connectivity index (χ1) is 8.31. The molecule has 0 fully saturated rings. The molecule has 1 aromatic carbocycles. The van der Waals surface area contributed by atoms with E-state index in [9.17, 15) is 19.6 Å². The van der Waals surface area contributed by atoms with Gasteiger partial charge in [-0.05, 0) is 20.3 Å². The van der Waals surface area contributed by atoms with Crippen LogP contribution in [0.5, 0.6) is 0 Å². The molecule has 0 spiro atoms. The van der Waals surface area contributed by atoms with E-state index < -0.39 is 16.8 Å². The molecule has 0 radical (unpaired) electrons. The van der Waals surface area contributed by atoms with Gasteiger partial charge in [-0.1, -0.05) is 11.6 Å². The number of benzene rings is 1. The Morgan fingerprint density at radius 1 is 1.56 bits per heavy atom. The van der Waals surface area contributed by atoms with Crippen LogP contribution in [0.15, 0.2) is 12.1 Å². The first-order valence-electron chi connectivity index (χ1n) is 5.39. The van der Waals surface area contributed by atoms with Crippen LogP contribution in [-0.2, 0) is 0 Å². The zero-order chi connectivity index (χ0) is 13.9. The van der Waals surface area contributed by atoms with Crippen molar-refractivity contribution in [2.24, 2.45) is 0 Å². The Morgan fingerprint density at radius 3 is 2.67 bits per heavy atom. The lowest BCUT2D eigenvalue weighted by Crippen LogP contribution is -2.21. The molecule has 2 N–H and O–H groups in total. The van der Waals surface area contributed by atoms with Crippen molar-refractivity contribution in [2.75, 3.05) is 5.32 Å². The van der Waals surface area contributed by atoms with E-state index in [1.807, 2.05) is 0 Å². The molecule has 18 heavy (non-hydrogen) atoms.